The molecule has 1 aliphatic heterocycles. The predicted molar refractivity (Wildman–Crippen MR) is 108 cm³/mol. The standard InChI is InChI=1S/C22H33FO2S/c1-4-26-19-9-7-18(8-10-19)20-11-12-21(16(3)22(20)23)25-14-17-6-5-15(2)24-13-17/h11-12,15,17-19H,4-10,13-14H2,1-3H3. The van der Waals surface area contributed by atoms with Gasteiger partial charge in [0.1, 0.15) is 11.6 Å². The summed E-state index contributed by atoms with van der Waals surface area (Å²) in [4.78, 5) is 0. The lowest BCUT2D eigenvalue weighted by atomic mass is 9.83. The first-order valence-corrected chi connectivity index (χ1v) is 11.3. The topological polar surface area (TPSA) is 18.5 Å². The second-order valence-corrected chi connectivity index (χ2v) is 9.50. The summed E-state index contributed by atoms with van der Waals surface area (Å²) < 4.78 is 26.7. The first-order chi connectivity index (χ1) is 12.6. The van der Waals surface area contributed by atoms with Crippen LogP contribution in [-0.4, -0.2) is 30.3 Å². The Hall–Kier alpha value is -0.740. The maximum atomic E-state index is 15.0. The molecule has 1 aromatic carbocycles. The Morgan fingerprint density at radius 1 is 1.15 bits per heavy atom. The number of halogens is 1. The van der Waals surface area contributed by atoms with E-state index >= 15 is 0 Å². The van der Waals surface area contributed by atoms with Crippen LogP contribution in [0.2, 0.25) is 0 Å². The van der Waals surface area contributed by atoms with Crippen molar-refractivity contribution in [2.24, 2.45) is 5.92 Å². The van der Waals surface area contributed by atoms with E-state index in [4.69, 9.17) is 9.47 Å². The Balaban J connectivity index is 1.58. The van der Waals surface area contributed by atoms with Crippen LogP contribution in [0.15, 0.2) is 12.1 Å². The summed E-state index contributed by atoms with van der Waals surface area (Å²) in [5.41, 5.74) is 1.56. The van der Waals surface area contributed by atoms with Crippen LogP contribution >= 0.6 is 11.8 Å². The van der Waals surface area contributed by atoms with Gasteiger partial charge in [-0.05, 0) is 75.7 Å². The van der Waals surface area contributed by atoms with E-state index in [1.807, 2.05) is 19.1 Å². The van der Waals surface area contributed by atoms with Gasteiger partial charge in [-0.3, -0.25) is 0 Å². The molecular formula is C22H33FO2S. The van der Waals surface area contributed by atoms with Crippen molar-refractivity contribution >= 4 is 11.8 Å². The fraction of sp³-hybridized carbons (Fsp3) is 0.727. The highest BCUT2D eigenvalue weighted by molar-refractivity contribution is 7.99. The van der Waals surface area contributed by atoms with E-state index in [1.165, 1.54) is 18.6 Å². The molecule has 26 heavy (non-hydrogen) atoms. The van der Waals surface area contributed by atoms with Gasteiger partial charge in [-0.15, -0.1) is 0 Å². The van der Waals surface area contributed by atoms with Crippen molar-refractivity contribution in [1.29, 1.82) is 0 Å². The molecule has 0 bridgehead atoms. The zero-order valence-corrected chi connectivity index (χ0v) is 17.2. The van der Waals surface area contributed by atoms with Gasteiger partial charge in [-0.2, -0.15) is 11.8 Å². The monoisotopic (exact) mass is 380 g/mol. The SMILES string of the molecule is CCSC1CCC(c2ccc(OCC3CCC(C)OC3)c(C)c2F)CC1. The van der Waals surface area contributed by atoms with E-state index in [1.54, 1.807) is 0 Å². The summed E-state index contributed by atoms with van der Waals surface area (Å²) in [7, 11) is 0. The Bertz CT molecular complexity index is 576. The molecule has 0 spiro atoms. The second kappa shape index (κ2) is 9.45. The van der Waals surface area contributed by atoms with Crippen molar-refractivity contribution in [2.75, 3.05) is 19.0 Å². The molecule has 2 nitrogen and oxygen atoms in total. The molecule has 2 unspecified atom stereocenters. The van der Waals surface area contributed by atoms with Crippen LogP contribution in [-0.2, 0) is 4.74 Å². The van der Waals surface area contributed by atoms with E-state index in [9.17, 15) is 4.39 Å². The molecule has 1 saturated heterocycles. The number of hydrogen-bond donors (Lipinski definition) is 0. The summed E-state index contributed by atoms with van der Waals surface area (Å²) >= 11 is 2.06. The maximum absolute atomic E-state index is 15.0. The van der Waals surface area contributed by atoms with Gasteiger partial charge in [0.15, 0.2) is 0 Å². The number of ether oxygens (including phenoxy) is 2. The summed E-state index contributed by atoms with van der Waals surface area (Å²) in [5.74, 6) is 2.60. The third-order valence-electron chi connectivity index (χ3n) is 5.96. The van der Waals surface area contributed by atoms with Gasteiger partial charge in [-0.25, -0.2) is 4.39 Å². The molecule has 0 N–H and O–H groups in total. The molecule has 2 fully saturated rings. The molecule has 3 rings (SSSR count). The van der Waals surface area contributed by atoms with Gasteiger partial charge < -0.3 is 9.47 Å². The van der Waals surface area contributed by atoms with Gasteiger partial charge in [0, 0.05) is 16.7 Å². The quantitative estimate of drug-likeness (QED) is 0.593. The van der Waals surface area contributed by atoms with Crippen LogP contribution < -0.4 is 4.74 Å². The molecule has 2 atom stereocenters. The summed E-state index contributed by atoms with van der Waals surface area (Å²) in [6.45, 7) is 7.56. The van der Waals surface area contributed by atoms with E-state index in [-0.39, 0.29) is 5.82 Å². The van der Waals surface area contributed by atoms with Gasteiger partial charge in [-0.1, -0.05) is 13.0 Å². The van der Waals surface area contributed by atoms with Crippen LogP contribution in [0.25, 0.3) is 0 Å². The third kappa shape index (κ3) is 4.95. The molecule has 2 aliphatic rings. The zero-order chi connectivity index (χ0) is 18.5. The molecule has 0 radical (unpaired) electrons. The minimum atomic E-state index is -0.0531. The Morgan fingerprint density at radius 2 is 1.92 bits per heavy atom. The van der Waals surface area contributed by atoms with Gasteiger partial charge >= 0.3 is 0 Å². The summed E-state index contributed by atoms with van der Waals surface area (Å²) in [5, 5.41) is 0.767. The van der Waals surface area contributed by atoms with E-state index in [0.717, 1.165) is 43.1 Å². The lowest BCUT2D eigenvalue weighted by Crippen LogP contribution is -2.27. The fourth-order valence-electron chi connectivity index (χ4n) is 4.21. The highest BCUT2D eigenvalue weighted by atomic mass is 32.2. The smallest absolute Gasteiger partial charge is 0.133 e. The second-order valence-electron chi connectivity index (χ2n) is 7.92. The minimum Gasteiger partial charge on any atom is -0.493 e. The van der Waals surface area contributed by atoms with E-state index < -0.39 is 0 Å². The van der Waals surface area contributed by atoms with Crippen molar-refractivity contribution in [3.8, 4) is 5.75 Å². The van der Waals surface area contributed by atoms with Crippen LogP contribution in [0, 0.1) is 18.7 Å². The van der Waals surface area contributed by atoms with Crippen molar-refractivity contribution < 1.29 is 13.9 Å². The van der Waals surface area contributed by atoms with Crippen LogP contribution in [0.5, 0.6) is 5.75 Å². The number of thioether (sulfide) groups is 1. The van der Waals surface area contributed by atoms with Gasteiger partial charge in [0.05, 0.1) is 19.3 Å². The summed E-state index contributed by atoms with van der Waals surface area (Å²) in [6, 6.07) is 3.95. The normalized spacial score (nSPS) is 29.5. The van der Waals surface area contributed by atoms with Gasteiger partial charge in [0.2, 0.25) is 0 Å². The lowest BCUT2D eigenvalue weighted by Gasteiger charge is -2.29. The van der Waals surface area contributed by atoms with Crippen molar-refractivity contribution in [3.63, 3.8) is 0 Å². The van der Waals surface area contributed by atoms with Crippen LogP contribution in [0.4, 0.5) is 4.39 Å². The zero-order valence-electron chi connectivity index (χ0n) is 16.4. The number of hydrogen-bond acceptors (Lipinski definition) is 3. The third-order valence-corrected chi connectivity index (χ3v) is 7.23. The number of rotatable bonds is 6. The summed E-state index contributed by atoms with van der Waals surface area (Å²) in [6.07, 6.45) is 7.19. The van der Waals surface area contributed by atoms with Gasteiger partial charge in [0.25, 0.3) is 0 Å². The Labute approximate surface area is 162 Å². The molecule has 4 heteroatoms. The molecule has 0 aromatic heterocycles. The van der Waals surface area contributed by atoms with Crippen LogP contribution in [0.1, 0.15) is 69.4 Å². The lowest BCUT2D eigenvalue weighted by molar-refractivity contribution is -0.0172. The molecule has 1 aromatic rings. The maximum Gasteiger partial charge on any atom is 0.133 e. The molecular weight excluding hydrogens is 347 g/mol. The Morgan fingerprint density at radius 3 is 2.58 bits per heavy atom. The Kier molecular flexibility index (Phi) is 7.27. The highest BCUT2D eigenvalue weighted by Gasteiger charge is 2.26. The number of benzene rings is 1. The molecule has 146 valence electrons. The molecule has 1 saturated carbocycles. The minimum absolute atomic E-state index is 0.0531. The fourth-order valence-corrected chi connectivity index (χ4v) is 5.29. The average molecular weight is 381 g/mol. The average Bonchev–Trinajstić information content (AvgIpc) is 2.65. The highest BCUT2D eigenvalue weighted by Crippen LogP contribution is 2.40. The van der Waals surface area contributed by atoms with Crippen LogP contribution in [0.3, 0.4) is 0 Å². The first kappa shape index (κ1) is 20.0. The molecule has 0 amide bonds. The molecule has 1 heterocycles. The van der Waals surface area contributed by atoms with E-state index in [0.29, 0.717) is 35.9 Å². The van der Waals surface area contributed by atoms with Crippen molar-refractivity contribution in [2.45, 2.75) is 76.6 Å². The van der Waals surface area contributed by atoms with E-state index in [2.05, 4.69) is 25.6 Å². The van der Waals surface area contributed by atoms with Crippen molar-refractivity contribution in [3.05, 3.63) is 29.1 Å². The largest absolute Gasteiger partial charge is 0.493 e. The van der Waals surface area contributed by atoms with Crippen molar-refractivity contribution in [1.82, 2.24) is 0 Å². The molecule has 1 aliphatic carbocycles. The first-order valence-electron chi connectivity index (χ1n) is 10.2. The predicted octanol–water partition coefficient (Wildman–Crippen LogP) is 6.11.